The highest BCUT2D eigenvalue weighted by atomic mass is 35.5. The summed E-state index contributed by atoms with van der Waals surface area (Å²) in [5.74, 6) is -0.612. The van der Waals surface area contributed by atoms with E-state index in [2.05, 4.69) is 4.98 Å². The Balaban J connectivity index is 2.33. The topological polar surface area (TPSA) is 59.2 Å². The lowest BCUT2D eigenvalue weighted by Gasteiger charge is -2.21. The highest BCUT2D eigenvalue weighted by Gasteiger charge is 2.25. The fourth-order valence-corrected chi connectivity index (χ4v) is 3.14. The van der Waals surface area contributed by atoms with Gasteiger partial charge in [-0.1, -0.05) is 23.7 Å². The normalized spacial score (nSPS) is 13.5. The fourth-order valence-electron chi connectivity index (χ4n) is 3.02. The first kappa shape index (κ1) is 14.9. The second kappa shape index (κ2) is 5.97. The summed E-state index contributed by atoms with van der Waals surface area (Å²) < 4.78 is 4.81. The Morgan fingerprint density at radius 3 is 2.55 bits per heavy atom. The zero-order chi connectivity index (χ0) is 15.7. The molecule has 0 bridgehead atoms. The summed E-state index contributed by atoms with van der Waals surface area (Å²) >= 11 is 5.94. The van der Waals surface area contributed by atoms with E-state index in [9.17, 15) is 9.59 Å². The first-order chi connectivity index (χ1) is 10.6. The number of methoxy groups -OCH3 is 1. The molecular weight excluding hydrogens is 302 g/mol. The number of nitrogens with one attached hydrogen (secondary N) is 1. The number of halogens is 1. The van der Waals surface area contributed by atoms with Gasteiger partial charge in [0.25, 0.3) is 5.56 Å². The van der Waals surface area contributed by atoms with Crippen LogP contribution in [0.25, 0.3) is 11.1 Å². The van der Waals surface area contributed by atoms with Crippen molar-refractivity contribution in [3.05, 3.63) is 56.5 Å². The molecule has 4 nitrogen and oxygen atoms in total. The maximum Gasteiger partial charge on any atom is 0.344 e. The van der Waals surface area contributed by atoms with E-state index < -0.39 is 11.5 Å². The van der Waals surface area contributed by atoms with E-state index in [4.69, 9.17) is 16.3 Å². The third kappa shape index (κ3) is 2.55. The van der Waals surface area contributed by atoms with Crippen LogP contribution in [0.3, 0.4) is 0 Å². The molecule has 1 heterocycles. The monoisotopic (exact) mass is 317 g/mol. The van der Waals surface area contributed by atoms with Crippen LogP contribution in [0.5, 0.6) is 0 Å². The van der Waals surface area contributed by atoms with Crippen molar-refractivity contribution in [3.8, 4) is 11.1 Å². The third-order valence-electron chi connectivity index (χ3n) is 4.03. The molecule has 0 amide bonds. The van der Waals surface area contributed by atoms with Gasteiger partial charge in [-0.05, 0) is 48.9 Å². The number of aromatic nitrogens is 1. The van der Waals surface area contributed by atoms with Crippen LogP contribution in [0.1, 0.15) is 34.5 Å². The molecule has 0 spiro atoms. The number of H-pyrrole nitrogens is 1. The van der Waals surface area contributed by atoms with Crippen LogP contribution < -0.4 is 5.56 Å². The third-order valence-corrected chi connectivity index (χ3v) is 4.29. The summed E-state index contributed by atoms with van der Waals surface area (Å²) in [5.41, 5.74) is 3.14. The zero-order valence-electron chi connectivity index (χ0n) is 12.2. The highest BCUT2D eigenvalue weighted by molar-refractivity contribution is 6.30. The maximum atomic E-state index is 12.4. The SMILES string of the molecule is COC(=O)c1c(-c2ccc(Cl)cc2)c2c([nH]c1=O)CCCC2. The average molecular weight is 318 g/mol. The first-order valence-corrected chi connectivity index (χ1v) is 7.62. The number of aryl methyl sites for hydroxylation is 1. The number of carbonyl (C=O) groups is 1. The Morgan fingerprint density at radius 1 is 1.18 bits per heavy atom. The fraction of sp³-hybridized carbons (Fsp3) is 0.294. The van der Waals surface area contributed by atoms with Crippen molar-refractivity contribution < 1.29 is 9.53 Å². The van der Waals surface area contributed by atoms with Crippen molar-refractivity contribution in [3.63, 3.8) is 0 Å². The molecule has 0 unspecified atom stereocenters. The lowest BCUT2D eigenvalue weighted by atomic mass is 9.87. The second-order valence-electron chi connectivity index (χ2n) is 5.37. The number of esters is 1. The van der Waals surface area contributed by atoms with E-state index in [-0.39, 0.29) is 5.56 Å². The van der Waals surface area contributed by atoms with E-state index >= 15 is 0 Å². The van der Waals surface area contributed by atoms with Gasteiger partial charge in [0.15, 0.2) is 0 Å². The number of benzene rings is 1. The summed E-state index contributed by atoms with van der Waals surface area (Å²) in [6.45, 7) is 0. The molecule has 0 saturated heterocycles. The smallest absolute Gasteiger partial charge is 0.344 e. The molecule has 0 aliphatic heterocycles. The number of carbonyl (C=O) groups excluding carboxylic acids is 1. The summed E-state index contributed by atoms with van der Waals surface area (Å²) in [7, 11) is 1.28. The molecule has 114 valence electrons. The van der Waals surface area contributed by atoms with Gasteiger partial charge in [0.2, 0.25) is 0 Å². The first-order valence-electron chi connectivity index (χ1n) is 7.24. The number of ether oxygens (including phenoxy) is 1. The van der Waals surface area contributed by atoms with Gasteiger partial charge in [0.1, 0.15) is 5.56 Å². The molecule has 22 heavy (non-hydrogen) atoms. The molecule has 1 N–H and O–H groups in total. The van der Waals surface area contributed by atoms with Crippen molar-refractivity contribution in [1.82, 2.24) is 4.98 Å². The van der Waals surface area contributed by atoms with Crippen molar-refractivity contribution in [2.45, 2.75) is 25.7 Å². The quantitative estimate of drug-likeness (QED) is 0.864. The van der Waals surface area contributed by atoms with Gasteiger partial charge in [-0.3, -0.25) is 4.79 Å². The molecule has 0 fully saturated rings. The minimum absolute atomic E-state index is 0.0745. The Kier molecular flexibility index (Phi) is 4.03. The average Bonchev–Trinajstić information content (AvgIpc) is 2.54. The van der Waals surface area contributed by atoms with Crippen LogP contribution in [0.4, 0.5) is 0 Å². The molecule has 5 heteroatoms. The summed E-state index contributed by atoms with van der Waals surface area (Å²) in [6, 6.07) is 7.18. The number of hydrogen-bond donors (Lipinski definition) is 1. The van der Waals surface area contributed by atoms with Crippen molar-refractivity contribution in [2.24, 2.45) is 0 Å². The van der Waals surface area contributed by atoms with Crippen LogP contribution in [0, 0.1) is 0 Å². The van der Waals surface area contributed by atoms with Crippen LogP contribution in [-0.2, 0) is 17.6 Å². The lowest BCUT2D eigenvalue weighted by Crippen LogP contribution is -2.25. The Morgan fingerprint density at radius 2 is 1.86 bits per heavy atom. The molecule has 3 rings (SSSR count). The Labute approximate surface area is 133 Å². The van der Waals surface area contributed by atoms with Crippen molar-refractivity contribution in [1.29, 1.82) is 0 Å². The van der Waals surface area contributed by atoms with Crippen LogP contribution >= 0.6 is 11.6 Å². The van der Waals surface area contributed by atoms with Gasteiger partial charge >= 0.3 is 5.97 Å². The highest BCUT2D eigenvalue weighted by Crippen LogP contribution is 2.32. The van der Waals surface area contributed by atoms with Gasteiger partial charge in [-0.15, -0.1) is 0 Å². The van der Waals surface area contributed by atoms with E-state index in [1.165, 1.54) is 7.11 Å². The van der Waals surface area contributed by atoms with E-state index in [1.807, 2.05) is 12.1 Å². The van der Waals surface area contributed by atoms with E-state index in [0.717, 1.165) is 42.5 Å². The number of fused-ring (bicyclic) bond motifs is 1. The van der Waals surface area contributed by atoms with Gasteiger partial charge in [-0.2, -0.15) is 0 Å². The predicted molar refractivity (Wildman–Crippen MR) is 85.5 cm³/mol. The zero-order valence-corrected chi connectivity index (χ0v) is 13.0. The lowest BCUT2D eigenvalue weighted by molar-refractivity contribution is 0.0599. The van der Waals surface area contributed by atoms with Crippen LogP contribution in [0.2, 0.25) is 5.02 Å². The predicted octanol–water partition coefficient (Wildman–Crippen LogP) is 3.36. The van der Waals surface area contributed by atoms with Gasteiger partial charge in [-0.25, -0.2) is 4.79 Å². The van der Waals surface area contributed by atoms with Crippen LogP contribution in [0.15, 0.2) is 29.1 Å². The molecule has 1 aliphatic carbocycles. The number of aromatic amines is 1. The van der Waals surface area contributed by atoms with Gasteiger partial charge < -0.3 is 9.72 Å². The minimum atomic E-state index is -0.612. The Hall–Kier alpha value is -2.07. The summed E-state index contributed by atoms with van der Waals surface area (Å²) in [5, 5.41) is 0.613. The van der Waals surface area contributed by atoms with Crippen LogP contribution in [-0.4, -0.2) is 18.1 Å². The molecule has 0 atom stereocenters. The number of rotatable bonds is 2. The number of pyridine rings is 1. The molecule has 1 aromatic heterocycles. The number of hydrogen-bond acceptors (Lipinski definition) is 3. The maximum absolute atomic E-state index is 12.4. The Bertz CT molecular complexity index is 778. The van der Waals surface area contributed by atoms with E-state index in [0.29, 0.717) is 10.6 Å². The second-order valence-corrected chi connectivity index (χ2v) is 5.80. The standard InChI is InChI=1S/C17H16ClNO3/c1-22-17(21)15-14(10-6-8-11(18)9-7-10)12-4-2-3-5-13(12)19-16(15)20/h6-9H,2-5H2,1H3,(H,19,20). The largest absolute Gasteiger partial charge is 0.465 e. The van der Waals surface area contributed by atoms with Gasteiger partial charge in [0.05, 0.1) is 7.11 Å². The summed E-state index contributed by atoms with van der Waals surface area (Å²) in [4.78, 5) is 27.3. The summed E-state index contributed by atoms with van der Waals surface area (Å²) in [6.07, 6.45) is 3.75. The van der Waals surface area contributed by atoms with Crippen molar-refractivity contribution >= 4 is 17.6 Å². The molecule has 1 aliphatic rings. The molecular formula is C17H16ClNO3. The molecule has 0 radical (unpaired) electrons. The molecule has 0 saturated carbocycles. The molecule has 1 aromatic carbocycles. The minimum Gasteiger partial charge on any atom is -0.465 e. The van der Waals surface area contributed by atoms with Crippen molar-refractivity contribution in [2.75, 3.05) is 7.11 Å². The molecule has 2 aromatic rings. The van der Waals surface area contributed by atoms with Gasteiger partial charge in [0, 0.05) is 16.3 Å². The van der Waals surface area contributed by atoms with E-state index in [1.54, 1.807) is 12.1 Å².